The molecule has 3 nitrogen and oxygen atoms in total. The fourth-order valence-electron chi connectivity index (χ4n) is 1.76. The Hall–Kier alpha value is -1.16. The largest absolute Gasteiger partial charge is 0.388 e. The lowest BCUT2D eigenvalue weighted by molar-refractivity contribution is 0.401. The highest BCUT2D eigenvalue weighted by atomic mass is 32.1. The zero-order valence-corrected chi connectivity index (χ0v) is 9.63. The lowest BCUT2D eigenvalue weighted by Crippen LogP contribution is -2.37. The molecule has 4 heteroatoms. The summed E-state index contributed by atoms with van der Waals surface area (Å²) in [4.78, 5) is 6.78. The number of nitrogens with two attached hydrogens (primary N) is 1. The molecule has 1 aliphatic carbocycles. The second-order valence-electron chi connectivity index (χ2n) is 3.96. The van der Waals surface area contributed by atoms with Gasteiger partial charge < -0.3 is 10.6 Å². The molecule has 1 aliphatic rings. The van der Waals surface area contributed by atoms with E-state index < -0.39 is 0 Å². The molecule has 0 amide bonds. The second kappa shape index (κ2) is 4.14. The first-order valence-corrected chi connectivity index (χ1v) is 5.58. The molecule has 1 heterocycles. The Balaban J connectivity index is 2.19. The Kier molecular flexibility index (Phi) is 2.86. The van der Waals surface area contributed by atoms with Crippen LogP contribution in [0, 0.1) is 0 Å². The molecular formula is C11H15N3S. The summed E-state index contributed by atoms with van der Waals surface area (Å²) in [5.74, 6) is 0. The normalized spacial score (nSPS) is 15.8. The van der Waals surface area contributed by atoms with Gasteiger partial charge in [0.1, 0.15) is 4.99 Å². The summed E-state index contributed by atoms with van der Waals surface area (Å²) in [7, 11) is 2.11. The highest BCUT2D eigenvalue weighted by Gasteiger charge is 2.22. The fourth-order valence-corrected chi connectivity index (χ4v) is 1.87. The van der Waals surface area contributed by atoms with E-state index in [0.717, 1.165) is 5.69 Å². The molecule has 1 aromatic rings. The van der Waals surface area contributed by atoms with Crippen LogP contribution < -0.4 is 10.6 Å². The number of nitrogens with zero attached hydrogens (tertiary/aromatic N) is 2. The van der Waals surface area contributed by atoms with Gasteiger partial charge in [-0.2, -0.15) is 0 Å². The van der Waals surface area contributed by atoms with E-state index in [0.29, 0.717) is 16.7 Å². The second-order valence-corrected chi connectivity index (χ2v) is 4.40. The molecule has 0 saturated heterocycles. The van der Waals surface area contributed by atoms with Crippen LogP contribution in [0.4, 0.5) is 5.69 Å². The van der Waals surface area contributed by atoms with Crippen molar-refractivity contribution in [2.24, 2.45) is 5.73 Å². The van der Waals surface area contributed by atoms with Gasteiger partial charge in [0.2, 0.25) is 0 Å². The smallest absolute Gasteiger partial charge is 0.122 e. The van der Waals surface area contributed by atoms with E-state index in [4.69, 9.17) is 18.0 Å². The fraction of sp³-hybridized carbons (Fsp3) is 0.455. The van der Waals surface area contributed by atoms with Crippen molar-refractivity contribution >= 4 is 22.9 Å². The number of hydrogen-bond donors (Lipinski definition) is 1. The molecule has 0 unspecified atom stereocenters. The molecule has 1 saturated carbocycles. The van der Waals surface area contributed by atoms with Crippen molar-refractivity contribution in [1.82, 2.24) is 4.98 Å². The van der Waals surface area contributed by atoms with Crippen molar-refractivity contribution in [2.75, 3.05) is 11.9 Å². The van der Waals surface area contributed by atoms with E-state index in [-0.39, 0.29) is 0 Å². The molecule has 15 heavy (non-hydrogen) atoms. The zero-order chi connectivity index (χ0) is 10.8. The molecule has 2 N–H and O–H groups in total. The van der Waals surface area contributed by atoms with Crippen molar-refractivity contribution in [3.63, 3.8) is 0 Å². The minimum Gasteiger partial charge on any atom is -0.388 e. The van der Waals surface area contributed by atoms with Gasteiger partial charge in [0, 0.05) is 25.0 Å². The molecule has 0 radical (unpaired) electrons. The van der Waals surface area contributed by atoms with Gasteiger partial charge in [0.05, 0.1) is 5.69 Å². The van der Waals surface area contributed by atoms with E-state index in [1.165, 1.54) is 19.3 Å². The Morgan fingerprint density at radius 3 is 2.87 bits per heavy atom. The van der Waals surface area contributed by atoms with Crippen LogP contribution in [0.15, 0.2) is 18.3 Å². The van der Waals surface area contributed by atoms with Gasteiger partial charge in [-0.3, -0.25) is 4.98 Å². The predicted molar refractivity (Wildman–Crippen MR) is 66.2 cm³/mol. The number of pyridine rings is 1. The predicted octanol–water partition coefficient (Wildman–Crippen LogP) is 1.70. The SMILES string of the molecule is CN(c1ccnc(C(N)=S)c1)C1CCC1. The van der Waals surface area contributed by atoms with Gasteiger partial charge in [-0.1, -0.05) is 12.2 Å². The van der Waals surface area contributed by atoms with Crippen molar-refractivity contribution in [2.45, 2.75) is 25.3 Å². The topological polar surface area (TPSA) is 42.2 Å². The quantitative estimate of drug-likeness (QED) is 0.789. The summed E-state index contributed by atoms with van der Waals surface area (Å²) < 4.78 is 0. The van der Waals surface area contributed by atoms with E-state index in [9.17, 15) is 0 Å². The van der Waals surface area contributed by atoms with Crippen LogP contribution in [0.3, 0.4) is 0 Å². The summed E-state index contributed by atoms with van der Waals surface area (Å²) in [6.07, 6.45) is 5.66. The van der Waals surface area contributed by atoms with Gasteiger partial charge in [-0.25, -0.2) is 0 Å². The van der Waals surface area contributed by atoms with Crippen molar-refractivity contribution in [1.29, 1.82) is 0 Å². The molecular weight excluding hydrogens is 206 g/mol. The number of anilines is 1. The molecule has 0 aliphatic heterocycles. The van der Waals surface area contributed by atoms with E-state index in [1.54, 1.807) is 6.20 Å². The maximum Gasteiger partial charge on any atom is 0.122 e. The number of hydrogen-bond acceptors (Lipinski definition) is 3. The summed E-state index contributed by atoms with van der Waals surface area (Å²) in [5, 5.41) is 0. The number of rotatable bonds is 3. The molecule has 0 bridgehead atoms. The van der Waals surface area contributed by atoms with Crippen LogP contribution in [0.2, 0.25) is 0 Å². The minimum atomic E-state index is 0.360. The highest BCUT2D eigenvalue weighted by Crippen LogP contribution is 2.27. The molecule has 0 atom stereocenters. The Morgan fingerprint density at radius 1 is 1.60 bits per heavy atom. The Morgan fingerprint density at radius 2 is 2.33 bits per heavy atom. The molecule has 2 rings (SSSR count). The van der Waals surface area contributed by atoms with Crippen LogP contribution in [0.25, 0.3) is 0 Å². The van der Waals surface area contributed by atoms with Crippen LogP contribution >= 0.6 is 12.2 Å². The van der Waals surface area contributed by atoms with Crippen molar-refractivity contribution < 1.29 is 0 Å². The summed E-state index contributed by atoms with van der Waals surface area (Å²) in [5.41, 5.74) is 7.41. The van der Waals surface area contributed by atoms with E-state index in [2.05, 4.69) is 16.9 Å². The highest BCUT2D eigenvalue weighted by molar-refractivity contribution is 7.80. The van der Waals surface area contributed by atoms with Crippen molar-refractivity contribution in [3.8, 4) is 0 Å². The Labute approximate surface area is 95.3 Å². The molecule has 80 valence electrons. The van der Waals surface area contributed by atoms with Crippen LogP contribution in [-0.4, -0.2) is 23.1 Å². The summed E-state index contributed by atoms with van der Waals surface area (Å²) in [6, 6.07) is 4.63. The van der Waals surface area contributed by atoms with Gasteiger partial charge >= 0.3 is 0 Å². The van der Waals surface area contributed by atoms with E-state index >= 15 is 0 Å². The lowest BCUT2D eigenvalue weighted by atomic mass is 9.91. The van der Waals surface area contributed by atoms with Crippen LogP contribution in [0.1, 0.15) is 25.0 Å². The average molecular weight is 221 g/mol. The van der Waals surface area contributed by atoms with E-state index in [1.807, 2.05) is 12.1 Å². The van der Waals surface area contributed by atoms with Gasteiger partial charge in [0.15, 0.2) is 0 Å². The first-order chi connectivity index (χ1) is 7.18. The maximum atomic E-state index is 5.56. The first kappa shape index (κ1) is 10.4. The third-order valence-corrected chi connectivity index (χ3v) is 3.23. The Bertz CT molecular complexity index is 374. The first-order valence-electron chi connectivity index (χ1n) is 5.17. The third-order valence-electron chi connectivity index (χ3n) is 3.03. The maximum absolute atomic E-state index is 5.56. The molecule has 0 aromatic carbocycles. The van der Waals surface area contributed by atoms with Crippen LogP contribution in [0.5, 0.6) is 0 Å². The number of aromatic nitrogens is 1. The van der Waals surface area contributed by atoms with Crippen molar-refractivity contribution in [3.05, 3.63) is 24.0 Å². The minimum absolute atomic E-state index is 0.360. The summed E-state index contributed by atoms with van der Waals surface area (Å²) in [6.45, 7) is 0. The van der Waals surface area contributed by atoms with Gasteiger partial charge in [0.25, 0.3) is 0 Å². The monoisotopic (exact) mass is 221 g/mol. The molecule has 0 spiro atoms. The third kappa shape index (κ3) is 2.09. The zero-order valence-electron chi connectivity index (χ0n) is 8.81. The average Bonchev–Trinajstić information content (AvgIpc) is 2.15. The van der Waals surface area contributed by atoms with Crippen LogP contribution in [-0.2, 0) is 0 Å². The lowest BCUT2D eigenvalue weighted by Gasteiger charge is -2.36. The molecule has 1 aromatic heterocycles. The summed E-state index contributed by atoms with van der Waals surface area (Å²) >= 11 is 4.91. The molecule has 1 fully saturated rings. The van der Waals surface area contributed by atoms with Gasteiger partial charge in [-0.15, -0.1) is 0 Å². The standard InChI is InChI=1S/C11H15N3S/c1-14(8-3-2-4-8)9-5-6-13-10(7-9)11(12)15/h5-8H,2-4H2,1H3,(H2,12,15). The number of thiocarbonyl (C=S) groups is 1. The van der Waals surface area contributed by atoms with Gasteiger partial charge in [-0.05, 0) is 31.4 Å².